The molecule has 0 saturated carbocycles. The molecule has 0 aliphatic heterocycles. The Morgan fingerprint density at radius 3 is 2.85 bits per heavy atom. The highest BCUT2D eigenvalue weighted by Crippen LogP contribution is 2.05. The molecular weight excluding hydrogens is 168 g/mol. The molecule has 0 radical (unpaired) electrons. The number of hydrogen-bond acceptors (Lipinski definition) is 4. The Balaban J connectivity index is 3.17. The molecule has 1 rings (SSSR count). The maximum absolute atomic E-state index is 11.0. The minimum atomic E-state index is -0.528. The van der Waals surface area contributed by atoms with Crippen molar-refractivity contribution in [1.82, 2.24) is 4.98 Å². The van der Waals surface area contributed by atoms with Gasteiger partial charge >= 0.3 is 5.97 Å². The molecule has 1 aromatic rings. The fourth-order valence-electron chi connectivity index (χ4n) is 0.942. The van der Waals surface area contributed by atoms with Gasteiger partial charge in [-0.2, -0.15) is 5.26 Å². The average Bonchev–Trinajstić information content (AvgIpc) is 2.15. The van der Waals surface area contributed by atoms with Gasteiger partial charge in [-0.1, -0.05) is 0 Å². The van der Waals surface area contributed by atoms with E-state index in [1.165, 1.54) is 13.2 Å². The van der Waals surface area contributed by atoms with Gasteiger partial charge in [0, 0.05) is 5.69 Å². The van der Waals surface area contributed by atoms with Crippen LogP contribution in [0.3, 0.4) is 0 Å². The Kier molecular flexibility index (Phi) is 2.60. The standard InChI is InChI=1S/C9H8N2O2/c1-6-3-7(5-10)4-8(11-6)9(12)13-2/h3-4H,1-2H3. The molecule has 0 aliphatic carbocycles. The van der Waals surface area contributed by atoms with Crippen molar-refractivity contribution >= 4 is 5.97 Å². The Labute approximate surface area is 75.8 Å². The lowest BCUT2D eigenvalue weighted by atomic mass is 10.2. The Morgan fingerprint density at radius 1 is 1.62 bits per heavy atom. The van der Waals surface area contributed by atoms with E-state index in [0.29, 0.717) is 11.3 Å². The van der Waals surface area contributed by atoms with Crippen molar-refractivity contribution in [2.45, 2.75) is 6.92 Å². The number of rotatable bonds is 1. The van der Waals surface area contributed by atoms with E-state index in [9.17, 15) is 4.79 Å². The molecule has 0 N–H and O–H groups in total. The van der Waals surface area contributed by atoms with E-state index in [4.69, 9.17) is 5.26 Å². The topological polar surface area (TPSA) is 63.0 Å². The van der Waals surface area contributed by atoms with Gasteiger partial charge in [-0.05, 0) is 19.1 Å². The summed E-state index contributed by atoms with van der Waals surface area (Å²) in [6.07, 6.45) is 0. The van der Waals surface area contributed by atoms with Crippen molar-refractivity contribution in [1.29, 1.82) is 5.26 Å². The fourth-order valence-corrected chi connectivity index (χ4v) is 0.942. The number of aryl methyl sites for hydroxylation is 1. The number of carbonyl (C=O) groups is 1. The molecule has 1 aromatic heterocycles. The van der Waals surface area contributed by atoms with E-state index in [1.54, 1.807) is 13.0 Å². The predicted octanol–water partition coefficient (Wildman–Crippen LogP) is 1.05. The highest BCUT2D eigenvalue weighted by molar-refractivity contribution is 5.87. The van der Waals surface area contributed by atoms with Crippen LogP contribution < -0.4 is 0 Å². The maximum Gasteiger partial charge on any atom is 0.356 e. The van der Waals surface area contributed by atoms with Crippen LogP contribution in [-0.4, -0.2) is 18.1 Å². The largest absolute Gasteiger partial charge is 0.464 e. The van der Waals surface area contributed by atoms with E-state index in [2.05, 4.69) is 9.72 Å². The second-order valence-electron chi connectivity index (χ2n) is 2.49. The summed E-state index contributed by atoms with van der Waals surface area (Å²) in [6, 6.07) is 4.94. The summed E-state index contributed by atoms with van der Waals surface area (Å²) in [5.74, 6) is -0.528. The molecule has 0 atom stereocenters. The molecule has 0 aliphatic rings. The summed E-state index contributed by atoms with van der Waals surface area (Å²) in [4.78, 5) is 15.0. The lowest BCUT2D eigenvalue weighted by molar-refractivity contribution is 0.0593. The number of aromatic nitrogens is 1. The number of nitriles is 1. The Morgan fingerprint density at radius 2 is 2.31 bits per heavy atom. The molecule has 0 aromatic carbocycles. The van der Waals surface area contributed by atoms with Crippen molar-refractivity contribution in [3.63, 3.8) is 0 Å². The highest BCUT2D eigenvalue weighted by atomic mass is 16.5. The minimum Gasteiger partial charge on any atom is -0.464 e. The molecule has 0 fully saturated rings. The third-order valence-corrected chi connectivity index (χ3v) is 1.48. The SMILES string of the molecule is COC(=O)c1cc(C#N)cc(C)n1. The van der Waals surface area contributed by atoms with Gasteiger partial charge < -0.3 is 4.74 Å². The minimum absolute atomic E-state index is 0.166. The average molecular weight is 176 g/mol. The van der Waals surface area contributed by atoms with Gasteiger partial charge in [0.2, 0.25) is 0 Å². The number of methoxy groups -OCH3 is 1. The number of pyridine rings is 1. The van der Waals surface area contributed by atoms with E-state index in [-0.39, 0.29) is 5.69 Å². The van der Waals surface area contributed by atoms with E-state index >= 15 is 0 Å². The molecule has 66 valence electrons. The second-order valence-corrected chi connectivity index (χ2v) is 2.49. The lowest BCUT2D eigenvalue weighted by Gasteiger charge is -1.99. The summed E-state index contributed by atoms with van der Waals surface area (Å²) < 4.78 is 4.48. The summed E-state index contributed by atoms with van der Waals surface area (Å²) in [6.45, 7) is 1.72. The van der Waals surface area contributed by atoms with Gasteiger partial charge in [-0.15, -0.1) is 0 Å². The third kappa shape index (κ3) is 2.03. The predicted molar refractivity (Wildman–Crippen MR) is 45.0 cm³/mol. The van der Waals surface area contributed by atoms with Gasteiger partial charge in [0.1, 0.15) is 5.69 Å². The Bertz CT molecular complexity index is 380. The first-order valence-corrected chi connectivity index (χ1v) is 3.64. The number of carbonyl (C=O) groups excluding carboxylic acids is 1. The zero-order valence-electron chi connectivity index (χ0n) is 7.37. The lowest BCUT2D eigenvalue weighted by Crippen LogP contribution is -2.05. The van der Waals surface area contributed by atoms with Crippen LogP contribution in [0.25, 0.3) is 0 Å². The molecule has 0 bridgehead atoms. The summed E-state index contributed by atoms with van der Waals surface area (Å²) >= 11 is 0. The summed E-state index contributed by atoms with van der Waals surface area (Å²) in [5, 5.41) is 8.61. The van der Waals surface area contributed by atoms with Crippen LogP contribution in [0, 0.1) is 18.3 Å². The van der Waals surface area contributed by atoms with Gasteiger partial charge in [-0.3, -0.25) is 0 Å². The molecule has 4 heteroatoms. The van der Waals surface area contributed by atoms with Crippen molar-refractivity contribution in [3.8, 4) is 6.07 Å². The number of ether oxygens (including phenoxy) is 1. The Hall–Kier alpha value is -1.89. The smallest absolute Gasteiger partial charge is 0.356 e. The molecule has 0 saturated heterocycles. The van der Waals surface area contributed by atoms with Crippen LogP contribution in [-0.2, 0) is 4.74 Å². The van der Waals surface area contributed by atoms with Crippen LogP contribution in [0.4, 0.5) is 0 Å². The molecule has 4 nitrogen and oxygen atoms in total. The normalized spacial score (nSPS) is 9.00. The maximum atomic E-state index is 11.0. The van der Waals surface area contributed by atoms with Crippen molar-refractivity contribution in [2.75, 3.05) is 7.11 Å². The zero-order chi connectivity index (χ0) is 9.84. The van der Waals surface area contributed by atoms with Crippen molar-refractivity contribution in [3.05, 3.63) is 29.1 Å². The molecule has 1 heterocycles. The van der Waals surface area contributed by atoms with E-state index < -0.39 is 5.97 Å². The first kappa shape index (κ1) is 9.20. The molecule has 0 unspecified atom stereocenters. The first-order chi connectivity index (χ1) is 6.17. The number of nitrogens with zero attached hydrogens (tertiary/aromatic N) is 2. The number of esters is 1. The first-order valence-electron chi connectivity index (χ1n) is 3.64. The summed E-state index contributed by atoms with van der Waals surface area (Å²) in [7, 11) is 1.28. The van der Waals surface area contributed by atoms with Crippen LogP contribution in [0.5, 0.6) is 0 Å². The van der Waals surface area contributed by atoms with Crippen molar-refractivity contribution < 1.29 is 9.53 Å². The third-order valence-electron chi connectivity index (χ3n) is 1.48. The monoisotopic (exact) mass is 176 g/mol. The van der Waals surface area contributed by atoms with Crippen molar-refractivity contribution in [2.24, 2.45) is 0 Å². The quantitative estimate of drug-likeness (QED) is 0.600. The van der Waals surface area contributed by atoms with Gasteiger partial charge in [0.25, 0.3) is 0 Å². The van der Waals surface area contributed by atoms with Gasteiger partial charge in [0.05, 0.1) is 18.7 Å². The van der Waals surface area contributed by atoms with E-state index in [0.717, 1.165) is 0 Å². The number of hydrogen-bond donors (Lipinski definition) is 0. The molecule has 0 spiro atoms. The molecule has 0 amide bonds. The highest BCUT2D eigenvalue weighted by Gasteiger charge is 2.08. The van der Waals surface area contributed by atoms with Crippen LogP contribution in [0.15, 0.2) is 12.1 Å². The van der Waals surface area contributed by atoms with Crippen LogP contribution in [0.1, 0.15) is 21.7 Å². The van der Waals surface area contributed by atoms with E-state index in [1.807, 2.05) is 6.07 Å². The van der Waals surface area contributed by atoms with Gasteiger partial charge in [0.15, 0.2) is 0 Å². The zero-order valence-corrected chi connectivity index (χ0v) is 7.37. The second kappa shape index (κ2) is 3.68. The molecular formula is C9H8N2O2. The van der Waals surface area contributed by atoms with Crippen LogP contribution in [0.2, 0.25) is 0 Å². The van der Waals surface area contributed by atoms with Crippen LogP contribution >= 0.6 is 0 Å². The molecule has 13 heavy (non-hydrogen) atoms. The fraction of sp³-hybridized carbons (Fsp3) is 0.222. The van der Waals surface area contributed by atoms with Gasteiger partial charge in [-0.25, -0.2) is 9.78 Å². The summed E-state index contributed by atoms with van der Waals surface area (Å²) in [5.41, 5.74) is 1.20.